The van der Waals surface area contributed by atoms with Crippen molar-refractivity contribution in [1.29, 1.82) is 0 Å². The molecule has 1 rings (SSSR count). The Bertz CT molecular complexity index is 144. The second-order valence-corrected chi connectivity index (χ2v) is 4.29. The fourth-order valence-electron chi connectivity index (χ4n) is 1.86. The summed E-state index contributed by atoms with van der Waals surface area (Å²) in [5, 5.41) is 0. The van der Waals surface area contributed by atoms with Crippen LogP contribution in [-0.4, -0.2) is 42.6 Å². The van der Waals surface area contributed by atoms with Crippen LogP contribution in [0.4, 0.5) is 0 Å². The minimum absolute atomic E-state index is 0. The SMILES string of the molecule is CCCCCCC(C)C1OCCCO1.[Br-].[Br-].[Mg+2]. The number of hydrogen-bond donors (Lipinski definition) is 0. The van der Waals surface area contributed by atoms with Crippen molar-refractivity contribution < 1.29 is 43.4 Å². The van der Waals surface area contributed by atoms with Gasteiger partial charge in [-0.3, -0.25) is 0 Å². The predicted octanol–water partition coefficient (Wildman–Crippen LogP) is -3.02. The van der Waals surface area contributed by atoms with Crippen LogP contribution in [0.1, 0.15) is 52.4 Å². The van der Waals surface area contributed by atoms with E-state index in [0.29, 0.717) is 5.92 Å². The Morgan fingerprint density at radius 1 is 1.06 bits per heavy atom. The first-order valence-electron chi connectivity index (χ1n) is 6.07. The van der Waals surface area contributed by atoms with Gasteiger partial charge in [0, 0.05) is 5.92 Å². The van der Waals surface area contributed by atoms with Crippen molar-refractivity contribution in [2.24, 2.45) is 5.92 Å². The molecule has 0 saturated carbocycles. The van der Waals surface area contributed by atoms with Crippen LogP contribution >= 0.6 is 0 Å². The van der Waals surface area contributed by atoms with E-state index in [1.807, 2.05) is 0 Å². The molecule has 5 heteroatoms. The van der Waals surface area contributed by atoms with Gasteiger partial charge in [-0.2, -0.15) is 0 Å². The van der Waals surface area contributed by atoms with Crippen LogP contribution in [0.25, 0.3) is 0 Å². The van der Waals surface area contributed by atoms with Crippen molar-refractivity contribution in [2.45, 2.75) is 58.7 Å². The molecule has 100 valence electrons. The van der Waals surface area contributed by atoms with Crippen LogP contribution in [-0.2, 0) is 9.47 Å². The molecule has 0 amide bonds. The van der Waals surface area contributed by atoms with E-state index in [4.69, 9.17) is 9.47 Å². The molecule has 1 heterocycles. The summed E-state index contributed by atoms with van der Waals surface area (Å²) in [7, 11) is 0. The average molecular weight is 384 g/mol. The number of halogens is 2. The van der Waals surface area contributed by atoms with Crippen molar-refractivity contribution in [3.05, 3.63) is 0 Å². The molecular weight excluding hydrogens is 360 g/mol. The van der Waals surface area contributed by atoms with E-state index < -0.39 is 0 Å². The Kier molecular flexibility index (Phi) is 21.9. The van der Waals surface area contributed by atoms with Crippen molar-refractivity contribution >= 4 is 23.1 Å². The second-order valence-electron chi connectivity index (χ2n) is 4.29. The van der Waals surface area contributed by atoms with Gasteiger partial charge in [0.1, 0.15) is 0 Å². The van der Waals surface area contributed by atoms with Crippen molar-refractivity contribution in [1.82, 2.24) is 0 Å². The Morgan fingerprint density at radius 3 is 2.18 bits per heavy atom. The fourth-order valence-corrected chi connectivity index (χ4v) is 1.86. The molecule has 0 N–H and O–H groups in total. The molecule has 2 nitrogen and oxygen atoms in total. The molecule has 1 aliphatic rings. The van der Waals surface area contributed by atoms with E-state index in [1.54, 1.807) is 0 Å². The molecule has 0 aromatic carbocycles. The Balaban J connectivity index is -0.000000653. The maximum Gasteiger partial charge on any atom is 2.00 e. The normalized spacial score (nSPS) is 17.3. The third-order valence-electron chi connectivity index (χ3n) is 2.83. The van der Waals surface area contributed by atoms with Crippen LogP contribution in [0.2, 0.25) is 0 Å². The van der Waals surface area contributed by atoms with Gasteiger partial charge in [-0.1, -0.05) is 39.5 Å². The van der Waals surface area contributed by atoms with Gasteiger partial charge in [0.25, 0.3) is 0 Å². The molecule has 1 unspecified atom stereocenters. The van der Waals surface area contributed by atoms with Crippen LogP contribution in [0.5, 0.6) is 0 Å². The number of rotatable bonds is 6. The van der Waals surface area contributed by atoms with Crippen LogP contribution in [0.15, 0.2) is 0 Å². The Labute approximate surface area is 143 Å². The summed E-state index contributed by atoms with van der Waals surface area (Å²) in [5.74, 6) is 0.562. The first kappa shape index (κ1) is 23.7. The summed E-state index contributed by atoms with van der Waals surface area (Å²) in [5.41, 5.74) is 0. The molecule has 1 fully saturated rings. The van der Waals surface area contributed by atoms with Crippen LogP contribution in [0, 0.1) is 5.92 Å². The van der Waals surface area contributed by atoms with Gasteiger partial charge in [0.05, 0.1) is 13.2 Å². The third-order valence-corrected chi connectivity index (χ3v) is 2.83. The van der Waals surface area contributed by atoms with E-state index in [1.165, 1.54) is 32.1 Å². The van der Waals surface area contributed by atoms with Gasteiger partial charge in [0.2, 0.25) is 0 Å². The van der Waals surface area contributed by atoms with Gasteiger partial charge in [-0.25, -0.2) is 0 Å². The minimum atomic E-state index is 0. The summed E-state index contributed by atoms with van der Waals surface area (Å²) in [6, 6.07) is 0. The summed E-state index contributed by atoms with van der Waals surface area (Å²) >= 11 is 0. The molecule has 0 bridgehead atoms. The molecule has 1 aliphatic heterocycles. The molecule has 0 aromatic rings. The number of hydrogen-bond acceptors (Lipinski definition) is 2. The van der Waals surface area contributed by atoms with E-state index in [0.717, 1.165) is 19.6 Å². The molecule has 1 saturated heterocycles. The van der Waals surface area contributed by atoms with Gasteiger partial charge in [0.15, 0.2) is 6.29 Å². The summed E-state index contributed by atoms with van der Waals surface area (Å²) in [4.78, 5) is 0. The largest absolute Gasteiger partial charge is 2.00 e. The van der Waals surface area contributed by atoms with Gasteiger partial charge >= 0.3 is 23.1 Å². The Morgan fingerprint density at radius 2 is 1.65 bits per heavy atom. The zero-order valence-corrected chi connectivity index (χ0v) is 15.7. The monoisotopic (exact) mass is 382 g/mol. The van der Waals surface area contributed by atoms with Crippen LogP contribution < -0.4 is 34.0 Å². The van der Waals surface area contributed by atoms with Crippen molar-refractivity contribution in [3.8, 4) is 0 Å². The molecule has 0 spiro atoms. The standard InChI is InChI=1S/C12H24O2.2BrH.Mg/c1-3-4-5-6-8-11(2)12-13-9-7-10-14-12;;;/h11-12H,3-10H2,1-2H3;2*1H;/q;;;+2/p-2. The molecule has 0 aliphatic carbocycles. The van der Waals surface area contributed by atoms with Gasteiger partial charge in [-0.15, -0.1) is 0 Å². The van der Waals surface area contributed by atoms with E-state index in [2.05, 4.69) is 13.8 Å². The average Bonchev–Trinajstić information content (AvgIpc) is 2.25. The summed E-state index contributed by atoms with van der Waals surface area (Å²) in [6.07, 6.45) is 7.71. The first-order valence-corrected chi connectivity index (χ1v) is 6.07. The third kappa shape index (κ3) is 11.2. The van der Waals surface area contributed by atoms with Crippen molar-refractivity contribution in [3.63, 3.8) is 0 Å². The topological polar surface area (TPSA) is 18.5 Å². The van der Waals surface area contributed by atoms with E-state index in [-0.39, 0.29) is 63.3 Å². The predicted molar refractivity (Wildman–Crippen MR) is 64.0 cm³/mol. The van der Waals surface area contributed by atoms with Gasteiger partial charge in [-0.05, 0) is 12.8 Å². The van der Waals surface area contributed by atoms with Gasteiger partial charge < -0.3 is 43.4 Å². The minimum Gasteiger partial charge on any atom is -1.00 e. The molecule has 17 heavy (non-hydrogen) atoms. The second kappa shape index (κ2) is 15.7. The van der Waals surface area contributed by atoms with Crippen LogP contribution in [0.3, 0.4) is 0 Å². The molecular formula is C12H24Br2MgO2. The smallest absolute Gasteiger partial charge is 1.00 e. The molecule has 0 aromatic heterocycles. The van der Waals surface area contributed by atoms with E-state index >= 15 is 0 Å². The quantitative estimate of drug-likeness (QED) is 0.359. The maximum atomic E-state index is 5.57. The first-order chi connectivity index (χ1) is 6.84. The van der Waals surface area contributed by atoms with E-state index in [9.17, 15) is 0 Å². The summed E-state index contributed by atoms with van der Waals surface area (Å²) in [6.45, 7) is 6.24. The number of unbranched alkanes of at least 4 members (excludes halogenated alkanes) is 3. The molecule has 0 radical (unpaired) electrons. The number of ether oxygens (including phenoxy) is 2. The summed E-state index contributed by atoms with van der Waals surface area (Å²) < 4.78 is 11.1. The maximum absolute atomic E-state index is 5.57. The zero-order chi connectivity index (χ0) is 10.2. The zero-order valence-electron chi connectivity index (χ0n) is 11.1. The fraction of sp³-hybridized carbons (Fsp3) is 1.00. The molecule has 1 atom stereocenters. The Hall–Kier alpha value is 1.65. The van der Waals surface area contributed by atoms with Crippen molar-refractivity contribution in [2.75, 3.05) is 13.2 Å².